The van der Waals surface area contributed by atoms with Crippen molar-refractivity contribution in [3.05, 3.63) is 34.9 Å². The van der Waals surface area contributed by atoms with Gasteiger partial charge >= 0.3 is 0 Å². The molecule has 0 aliphatic heterocycles. The Balaban J connectivity index is 1.73. The van der Waals surface area contributed by atoms with Crippen LogP contribution < -0.4 is 0 Å². The summed E-state index contributed by atoms with van der Waals surface area (Å²) in [5.74, 6) is 2.82. The first-order chi connectivity index (χ1) is 9.20. The summed E-state index contributed by atoms with van der Waals surface area (Å²) >= 11 is 0. The van der Waals surface area contributed by atoms with Gasteiger partial charge in [-0.15, -0.1) is 0 Å². The number of allylic oxidation sites excluding steroid dienone is 6. The fourth-order valence-electron chi connectivity index (χ4n) is 5.60. The van der Waals surface area contributed by atoms with E-state index in [4.69, 9.17) is 0 Å². The van der Waals surface area contributed by atoms with E-state index >= 15 is 0 Å². The van der Waals surface area contributed by atoms with E-state index < -0.39 is 0 Å². The van der Waals surface area contributed by atoms with E-state index in [1.807, 2.05) is 5.57 Å². The summed E-state index contributed by atoms with van der Waals surface area (Å²) in [6.45, 7) is 4.93. The van der Waals surface area contributed by atoms with Crippen LogP contribution in [-0.4, -0.2) is 0 Å². The lowest BCUT2D eigenvalue weighted by Crippen LogP contribution is -2.43. The Bertz CT molecular complexity index is 490. The van der Waals surface area contributed by atoms with E-state index in [1.54, 1.807) is 11.1 Å². The molecule has 4 aliphatic rings. The summed E-state index contributed by atoms with van der Waals surface area (Å²) in [5, 5.41) is 0. The first-order valence-electron chi connectivity index (χ1n) is 8.16. The molecule has 0 spiro atoms. The average molecular weight is 253 g/mol. The third-order valence-corrected chi connectivity index (χ3v) is 6.72. The van der Waals surface area contributed by atoms with Gasteiger partial charge in [0.15, 0.2) is 0 Å². The Morgan fingerprint density at radius 1 is 1.26 bits per heavy atom. The molecular weight excluding hydrogens is 228 g/mol. The highest BCUT2D eigenvalue weighted by Gasteiger charge is 2.49. The van der Waals surface area contributed by atoms with Crippen LogP contribution in [0.1, 0.15) is 58.8 Å². The van der Waals surface area contributed by atoms with Gasteiger partial charge in [-0.25, -0.2) is 0 Å². The quantitative estimate of drug-likeness (QED) is 0.519. The molecule has 4 rings (SSSR count). The highest BCUT2D eigenvalue weighted by Crippen LogP contribution is 2.59. The van der Waals surface area contributed by atoms with Gasteiger partial charge in [-0.05, 0) is 86.7 Å². The molecule has 1 fully saturated rings. The molecule has 0 saturated heterocycles. The molecule has 1 radical (unpaired) electrons. The molecule has 0 bridgehead atoms. The van der Waals surface area contributed by atoms with Crippen molar-refractivity contribution >= 4 is 0 Å². The first-order valence-corrected chi connectivity index (χ1v) is 8.16. The highest BCUT2D eigenvalue weighted by atomic mass is 14.5. The van der Waals surface area contributed by atoms with Gasteiger partial charge in [-0.1, -0.05) is 30.2 Å². The van der Waals surface area contributed by atoms with E-state index in [-0.39, 0.29) is 0 Å². The van der Waals surface area contributed by atoms with Crippen LogP contribution >= 0.6 is 0 Å². The molecule has 0 heteroatoms. The van der Waals surface area contributed by atoms with Gasteiger partial charge in [0.25, 0.3) is 0 Å². The summed E-state index contributed by atoms with van der Waals surface area (Å²) in [7, 11) is 0. The zero-order chi connectivity index (χ0) is 13.0. The third-order valence-electron chi connectivity index (χ3n) is 6.72. The summed E-state index contributed by atoms with van der Waals surface area (Å²) < 4.78 is 0. The molecule has 0 nitrogen and oxygen atoms in total. The van der Waals surface area contributed by atoms with Crippen LogP contribution in [0.5, 0.6) is 0 Å². The van der Waals surface area contributed by atoms with Crippen LogP contribution in [-0.2, 0) is 0 Å². The minimum atomic E-state index is 0.468. The highest BCUT2D eigenvalue weighted by molar-refractivity contribution is 5.35. The fourth-order valence-corrected chi connectivity index (χ4v) is 5.60. The molecule has 0 heterocycles. The lowest BCUT2D eigenvalue weighted by atomic mass is 9.52. The van der Waals surface area contributed by atoms with Crippen LogP contribution in [0.15, 0.2) is 28.9 Å². The second-order valence-corrected chi connectivity index (χ2v) is 7.42. The van der Waals surface area contributed by atoms with Gasteiger partial charge in [-0.3, -0.25) is 0 Å². The predicted molar refractivity (Wildman–Crippen MR) is 79.5 cm³/mol. The third kappa shape index (κ3) is 1.58. The van der Waals surface area contributed by atoms with Crippen molar-refractivity contribution in [3.63, 3.8) is 0 Å². The zero-order valence-electron chi connectivity index (χ0n) is 12.3. The summed E-state index contributed by atoms with van der Waals surface area (Å²) in [6.07, 6.45) is 17.8. The number of hydrogen-bond acceptors (Lipinski definition) is 0. The van der Waals surface area contributed by atoms with Gasteiger partial charge in [0.1, 0.15) is 0 Å². The number of fused-ring (bicyclic) bond motifs is 5. The Labute approximate surface area is 117 Å². The lowest BCUT2D eigenvalue weighted by molar-refractivity contribution is 0.0717. The van der Waals surface area contributed by atoms with E-state index in [0.717, 1.165) is 17.8 Å². The lowest BCUT2D eigenvalue weighted by Gasteiger charge is -2.52. The second kappa shape index (κ2) is 4.11. The van der Waals surface area contributed by atoms with Crippen molar-refractivity contribution in [2.24, 2.45) is 23.2 Å². The van der Waals surface area contributed by atoms with Gasteiger partial charge < -0.3 is 0 Å². The summed E-state index contributed by atoms with van der Waals surface area (Å²) in [4.78, 5) is 0. The smallest absolute Gasteiger partial charge is 0.00438 e. The van der Waals surface area contributed by atoms with Crippen LogP contribution in [0, 0.1) is 29.2 Å². The largest absolute Gasteiger partial charge is 0.0804 e. The molecule has 0 unspecified atom stereocenters. The SMILES string of the molecule is CC1=C2CC[C@H]3[C@@H](CC=C4C=[C]CC[C@@]43C)[C@@H]2CC1. The minimum Gasteiger partial charge on any atom is -0.0804 e. The van der Waals surface area contributed by atoms with Crippen molar-refractivity contribution in [1.82, 2.24) is 0 Å². The van der Waals surface area contributed by atoms with Crippen molar-refractivity contribution < 1.29 is 0 Å². The van der Waals surface area contributed by atoms with Crippen molar-refractivity contribution in [1.29, 1.82) is 0 Å². The Kier molecular flexibility index (Phi) is 2.59. The first kappa shape index (κ1) is 12.0. The standard InChI is InChI=1S/C19H25/c1-13-6-8-16-15(13)10-11-18-17(16)9-7-14-5-3-4-12-19(14,18)2/h5,7,16-18H,4,6,8-12H2,1-2H3/t16-,17+,18+,19+/m1/s1. The zero-order valence-corrected chi connectivity index (χ0v) is 12.3. The molecule has 0 aromatic heterocycles. The minimum absolute atomic E-state index is 0.468. The molecule has 0 aromatic carbocycles. The molecule has 0 aromatic rings. The fraction of sp³-hybridized carbons (Fsp3) is 0.684. The Hall–Kier alpha value is -0.780. The Morgan fingerprint density at radius 2 is 2.16 bits per heavy atom. The monoisotopic (exact) mass is 253 g/mol. The normalized spacial score (nSPS) is 44.5. The molecule has 19 heavy (non-hydrogen) atoms. The van der Waals surface area contributed by atoms with E-state index in [9.17, 15) is 0 Å². The van der Waals surface area contributed by atoms with Crippen molar-refractivity contribution in [2.45, 2.75) is 58.8 Å². The average Bonchev–Trinajstić information content (AvgIpc) is 2.80. The molecule has 1 saturated carbocycles. The van der Waals surface area contributed by atoms with Crippen LogP contribution in [0.25, 0.3) is 0 Å². The van der Waals surface area contributed by atoms with Gasteiger partial charge in [0.2, 0.25) is 0 Å². The van der Waals surface area contributed by atoms with Crippen molar-refractivity contribution in [2.75, 3.05) is 0 Å². The second-order valence-electron chi connectivity index (χ2n) is 7.42. The van der Waals surface area contributed by atoms with Crippen LogP contribution in [0.2, 0.25) is 0 Å². The maximum absolute atomic E-state index is 3.46. The number of hydrogen-bond donors (Lipinski definition) is 0. The molecule has 0 amide bonds. The molecule has 0 N–H and O–H groups in total. The van der Waals surface area contributed by atoms with Gasteiger partial charge in [0.05, 0.1) is 0 Å². The molecular formula is C19H25. The summed E-state index contributed by atoms with van der Waals surface area (Å²) in [5.41, 5.74) is 5.68. The van der Waals surface area contributed by atoms with E-state index in [2.05, 4.69) is 32.1 Å². The van der Waals surface area contributed by atoms with Gasteiger partial charge in [0, 0.05) is 0 Å². The van der Waals surface area contributed by atoms with Crippen LogP contribution in [0.3, 0.4) is 0 Å². The molecule has 4 atom stereocenters. The topological polar surface area (TPSA) is 0 Å². The van der Waals surface area contributed by atoms with Gasteiger partial charge in [-0.2, -0.15) is 0 Å². The molecule has 4 aliphatic carbocycles. The van der Waals surface area contributed by atoms with E-state index in [0.29, 0.717) is 5.41 Å². The Morgan fingerprint density at radius 3 is 3.05 bits per heavy atom. The molecule has 101 valence electrons. The van der Waals surface area contributed by atoms with Crippen molar-refractivity contribution in [3.8, 4) is 0 Å². The maximum atomic E-state index is 3.46. The van der Waals surface area contributed by atoms with Crippen LogP contribution in [0.4, 0.5) is 0 Å². The van der Waals surface area contributed by atoms with E-state index in [1.165, 1.54) is 44.9 Å². The maximum Gasteiger partial charge on any atom is -0.00438 e. The predicted octanol–water partition coefficient (Wildman–Crippen LogP) is 5.23. The number of rotatable bonds is 0. The summed E-state index contributed by atoms with van der Waals surface area (Å²) in [6, 6.07) is 0.